The predicted octanol–water partition coefficient (Wildman–Crippen LogP) is 3.79. The van der Waals surface area contributed by atoms with Crippen LogP contribution in [0.2, 0.25) is 10.3 Å². The maximum absolute atomic E-state index is 6.06. The molecule has 5 heteroatoms. The highest BCUT2D eigenvalue weighted by Gasteiger charge is 2.06. The van der Waals surface area contributed by atoms with Crippen LogP contribution in [0, 0.1) is 0 Å². The molecule has 3 rings (SSSR count). The minimum atomic E-state index is 0.397. The molecule has 0 spiro atoms. The highest BCUT2D eigenvalue weighted by molar-refractivity contribution is 6.32. The van der Waals surface area contributed by atoms with E-state index in [9.17, 15) is 0 Å². The zero-order valence-electron chi connectivity index (χ0n) is 9.35. The van der Waals surface area contributed by atoms with E-state index >= 15 is 0 Å². The zero-order valence-corrected chi connectivity index (χ0v) is 10.9. The molecule has 0 aliphatic rings. The van der Waals surface area contributed by atoms with Crippen LogP contribution in [0.5, 0.6) is 0 Å². The van der Waals surface area contributed by atoms with E-state index in [1.54, 1.807) is 6.07 Å². The van der Waals surface area contributed by atoms with Crippen molar-refractivity contribution >= 4 is 34.1 Å². The van der Waals surface area contributed by atoms with Gasteiger partial charge in [-0.25, -0.2) is 4.98 Å². The van der Waals surface area contributed by atoms with Crippen molar-refractivity contribution in [3.63, 3.8) is 0 Å². The molecule has 0 saturated heterocycles. The Kier molecular flexibility index (Phi) is 2.94. The van der Waals surface area contributed by atoms with Crippen LogP contribution in [0.4, 0.5) is 0 Å². The number of halogens is 2. The van der Waals surface area contributed by atoms with E-state index in [0.29, 0.717) is 16.9 Å². The Bertz CT molecular complexity index is 706. The van der Waals surface area contributed by atoms with Crippen LogP contribution in [0.15, 0.2) is 42.6 Å². The molecule has 3 nitrogen and oxygen atoms in total. The Labute approximate surface area is 114 Å². The van der Waals surface area contributed by atoms with Crippen LogP contribution in [0.1, 0.15) is 5.56 Å². The summed E-state index contributed by atoms with van der Waals surface area (Å²) < 4.78 is 1.89. The zero-order chi connectivity index (χ0) is 12.5. The minimum Gasteiger partial charge on any atom is -0.260 e. The van der Waals surface area contributed by atoms with Crippen LogP contribution in [0.25, 0.3) is 10.9 Å². The number of benzene rings is 1. The van der Waals surface area contributed by atoms with Crippen molar-refractivity contribution in [2.75, 3.05) is 0 Å². The molecular formula is C13H9Cl2N3. The molecular weight excluding hydrogens is 269 g/mol. The van der Waals surface area contributed by atoms with Crippen molar-refractivity contribution in [1.82, 2.24) is 14.8 Å². The van der Waals surface area contributed by atoms with Crippen molar-refractivity contribution < 1.29 is 0 Å². The standard InChI is InChI=1S/C13H9Cl2N3/c14-12-6-5-10(13(15)17-12)8-18-11-4-2-1-3-9(11)7-16-18/h1-7H,8H2. The third-order valence-corrected chi connectivity index (χ3v) is 3.30. The summed E-state index contributed by atoms with van der Waals surface area (Å²) in [6.07, 6.45) is 1.84. The van der Waals surface area contributed by atoms with Crippen LogP contribution >= 0.6 is 23.2 Å². The van der Waals surface area contributed by atoms with Gasteiger partial charge < -0.3 is 0 Å². The fourth-order valence-electron chi connectivity index (χ4n) is 1.87. The first kappa shape index (κ1) is 11.5. The Morgan fingerprint density at radius 3 is 2.72 bits per heavy atom. The molecule has 0 radical (unpaired) electrons. The predicted molar refractivity (Wildman–Crippen MR) is 73.1 cm³/mol. The molecule has 0 aliphatic heterocycles. The second-order valence-corrected chi connectivity index (χ2v) is 4.69. The molecule has 0 amide bonds. The lowest BCUT2D eigenvalue weighted by Crippen LogP contribution is -2.02. The molecule has 3 aromatic rings. The Balaban J connectivity index is 2.01. The summed E-state index contributed by atoms with van der Waals surface area (Å²) in [5.74, 6) is 0. The summed E-state index contributed by atoms with van der Waals surface area (Å²) in [4.78, 5) is 4.02. The van der Waals surface area contributed by atoms with Crippen LogP contribution in [0.3, 0.4) is 0 Å². The van der Waals surface area contributed by atoms with Gasteiger partial charge in [-0.2, -0.15) is 5.10 Å². The van der Waals surface area contributed by atoms with Crippen molar-refractivity contribution in [1.29, 1.82) is 0 Å². The lowest BCUT2D eigenvalue weighted by Gasteiger charge is -2.05. The Morgan fingerprint density at radius 2 is 1.89 bits per heavy atom. The molecule has 0 fully saturated rings. The van der Waals surface area contributed by atoms with Gasteiger partial charge in [0.1, 0.15) is 10.3 Å². The van der Waals surface area contributed by atoms with E-state index in [1.807, 2.05) is 41.2 Å². The molecule has 0 unspecified atom stereocenters. The van der Waals surface area contributed by atoms with Gasteiger partial charge in [-0.05, 0) is 12.1 Å². The molecule has 18 heavy (non-hydrogen) atoms. The van der Waals surface area contributed by atoms with Crippen LogP contribution in [-0.4, -0.2) is 14.8 Å². The summed E-state index contributed by atoms with van der Waals surface area (Å²) >= 11 is 11.8. The number of para-hydroxylation sites is 1. The first-order valence-corrected chi connectivity index (χ1v) is 6.21. The van der Waals surface area contributed by atoms with Gasteiger partial charge in [0.2, 0.25) is 0 Å². The Hall–Kier alpha value is -1.58. The van der Waals surface area contributed by atoms with Gasteiger partial charge in [0, 0.05) is 10.9 Å². The summed E-state index contributed by atoms with van der Waals surface area (Å²) in [6.45, 7) is 0.580. The molecule has 2 aromatic heterocycles. The molecule has 0 saturated carbocycles. The number of hydrogen-bond acceptors (Lipinski definition) is 2. The van der Waals surface area contributed by atoms with Crippen molar-refractivity contribution in [3.8, 4) is 0 Å². The van der Waals surface area contributed by atoms with Gasteiger partial charge in [0.05, 0.1) is 18.3 Å². The second kappa shape index (κ2) is 4.59. The van der Waals surface area contributed by atoms with Crippen molar-refractivity contribution in [2.45, 2.75) is 6.54 Å². The lowest BCUT2D eigenvalue weighted by atomic mass is 10.2. The highest BCUT2D eigenvalue weighted by atomic mass is 35.5. The smallest absolute Gasteiger partial charge is 0.135 e. The SMILES string of the molecule is Clc1ccc(Cn2ncc3ccccc32)c(Cl)n1. The second-order valence-electron chi connectivity index (χ2n) is 3.94. The third kappa shape index (κ3) is 2.07. The molecule has 0 N–H and O–H groups in total. The number of pyridine rings is 1. The molecule has 1 aromatic carbocycles. The molecule has 2 heterocycles. The number of aromatic nitrogens is 3. The fourth-order valence-corrected chi connectivity index (χ4v) is 2.28. The maximum atomic E-state index is 6.06. The monoisotopic (exact) mass is 277 g/mol. The lowest BCUT2D eigenvalue weighted by molar-refractivity contribution is 0.710. The summed E-state index contributed by atoms with van der Waals surface area (Å²) in [7, 11) is 0. The van der Waals surface area contributed by atoms with Gasteiger partial charge in [-0.3, -0.25) is 4.68 Å². The maximum Gasteiger partial charge on any atom is 0.135 e. The van der Waals surface area contributed by atoms with Crippen LogP contribution in [-0.2, 0) is 6.54 Å². The van der Waals surface area contributed by atoms with E-state index in [0.717, 1.165) is 16.5 Å². The Morgan fingerprint density at radius 1 is 1.06 bits per heavy atom. The van der Waals surface area contributed by atoms with Gasteiger partial charge >= 0.3 is 0 Å². The van der Waals surface area contributed by atoms with E-state index in [-0.39, 0.29) is 0 Å². The average Bonchev–Trinajstić information content (AvgIpc) is 2.76. The first-order chi connectivity index (χ1) is 8.74. The number of nitrogens with zero attached hydrogens (tertiary/aromatic N) is 3. The molecule has 0 aliphatic carbocycles. The number of hydrogen-bond donors (Lipinski definition) is 0. The van der Waals surface area contributed by atoms with Crippen molar-refractivity contribution in [2.24, 2.45) is 0 Å². The van der Waals surface area contributed by atoms with Gasteiger partial charge in [-0.1, -0.05) is 47.5 Å². The fraction of sp³-hybridized carbons (Fsp3) is 0.0769. The number of fused-ring (bicyclic) bond motifs is 1. The first-order valence-electron chi connectivity index (χ1n) is 5.45. The quantitative estimate of drug-likeness (QED) is 0.668. The van der Waals surface area contributed by atoms with Gasteiger partial charge in [0.15, 0.2) is 0 Å². The molecule has 0 bridgehead atoms. The van der Waals surface area contributed by atoms with Gasteiger partial charge in [-0.15, -0.1) is 0 Å². The third-order valence-electron chi connectivity index (χ3n) is 2.76. The van der Waals surface area contributed by atoms with Crippen LogP contribution < -0.4 is 0 Å². The average molecular weight is 278 g/mol. The van der Waals surface area contributed by atoms with E-state index in [4.69, 9.17) is 23.2 Å². The van der Waals surface area contributed by atoms with E-state index in [2.05, 4.69) is 10.1 Å². The largest absolute Gasteiger partial charge is 0.260 e. The summed E-state index contributed by atoms with van der Waals surface area (Å²) in [5.41, 5.74) is 1.97. The number of rotatable bonds is 2. The molecule has 90 valence electrons. The van der Waals surface area contributed by atoms with E-state index < -0.39 is 0 Å². The minimum absolute atomic E-state index is 0.397. The van der Waals surface area contributed by atoms with Gasteiger partial charge in [0.25, 0.3) is 0 Å². The summed E-state index contributed by atoms with van der Waals surface area (Å²) in [5, 5.41) is 6.27. The van der Waals surface area contributed by atoms with Crippen molar-refractivity contribution in [3.05, 3.63) is 58.5 Å². The summed E-state index contributed by atoms with van der Waals surface area (Å²) in [6, 6.07) is 11.6. The topological polar surface area (TPSA) is 30.7 Å². The van der Waals surface area contributed by atoms with E-state index in [1.165, 1.54) is 0 Å². The normalized spacial score (nSPS) is 11.0. The highest BCUT2D eigenvalue weighted by Crippen LogP contribution is 2.20. The molecule has 0 atom stereocenters.